The number of benzene rings is 2. The Morgan fingerprint density at radius 2 is 1.79 bits per heavy atom. The van der Waals surface area contributed by atoms with Gasteiger partial charge in [-0.15, -0.1) is 5.10 Å². The van der Waals surface area contributed by atoms with E-state index in [-0.39, 0.29) is 37.6 Å². The number of anilines is 1. The van der Waals surface area contributed by atoms with Crippen LogP contribution in [0.3, 0.4) is 0 Å². The second-order valence-electron chi connectivity index (χ2n) is 9.26. The lowest BCUT2D eigenvalue weighted by molar-refractivity contribution is -0.192. The molecule has 3 atom stereocenters. The summed E-state index contributed by atoms with van der Waals surface area (Å²) in [5, 5.41) is 7.22. The van der Waals surface area contributed by atoms with Gasteiger partial charge in [0, 0.05) is 36.3 Å². The van der Waals surface area contributed by atoms with Gasteiger partial charge < -0.3 is 4.74 Å². The van der Waals surface area contributed by atoms with Gasteiger partial charge >= 0.3 is 6.18 Å². The smallest absolute Gasteiger partial charge is 0.391 e. The summed E-state index contributed by atoms with van der Waals surface area (Å²) in [5.41, 5.74) is 0.853. The summed E-state index contributed by atoms with van der Waals surface area (Å²) < 4.78 is 103. The minimum absolute atomic E-state index is 0.0617. The maximum Gasteiger partial charge on any atom is 0.391 e. The molecule has 2 aliphatic rings. The minimum Gasteiger partial charge on any atom is -0.493 e. The molecule has 0 aliphatic carbocycles. The van der Waals surface area contributed by atoms with Crippen molar-refractivity contribution in [2.24, 2.45) is 5.92 Å². The summed E-state index contributed by atoms with van der Waals surface area (Å²) in [6, 6.07) is 9.01. The highest BCUT2D eigenvalue weighted by Crippen LogP contribution is 2.48. The molecule has 13 heteroatoms. The van der Waals surface area contributed by atoms with Crippen LogP contribution in [0.15, 0.2) is 59.6 Å². The molecule has 2 aromatic carbocycles. The lowest BCUT2D eigenvalue weighted by Crippen LogP contribution is -2.44. The monoisotopic (exact) mass is 554 g/mol. The number of piperidine rings is 1. The number of likely N-dealkylation sites (tertiary alicyclic amines) is 1. The van der Waals surface area contributed by atoms with Crippen LogP contribution >= 0.6 is 0 Å². The first-order valence-electron chi connectivity index (χ1n) is 11.9. The average molecular weight is 555 g/mol. The number of hydrogen-bond acceptors (Lipinski definition) is 6. The zero-order valence-corrected chi connectivity index (χ0v) is 20.6. The number of hydrogen-bond donors (Lipinski definition) is 1. The Labute approximate surface area is 215 Å². The van der Waals surface area contributed by atoms with Gasteiger partial charge in [0.25, 0.3) is 10.0 Å². The molecule has 5 rings (SSSR count). The van der Waals surface area contributed by atoms with Gasteiger partial charge in [-0.1, -0.05) is 12.1 Å². The fourth-order valence-electron chi connectivity index (χ4n) is 5.14. The van der Waals surface area contributed by atoms with Gasteiger partial charge in [0.2, 0.25) is 0 Å². The summed E-state index contributed by atoms with van der Waals surface area (Å²) in [6.45, 7) is 0.210. The number of fused-ring (bicyclic) bond motifs is 1. The topological polar surface area (TPSA) is 84.4 Å². The molecular weight excluding hydrogens is 531 g/mol. The van der Waals surface area contributed by atoms with Crippen LogP contribution in [-0.4, -0.2) is 42.8 Å². The number of halogens is 5. The summed E-state index contributed by atoms with van der Waals surface area (Å²) in [6.07, 6.45) is -3.07. The molecule has 1 saturated heterocycles. The molecule has 3 aromatic rings. The number of nitrogens with zero attached hydrogens (tertiary/aromatic N) is 3. The summed E-state index contributed by atoms with van der Waals surface area (Å²) in [7, 11) is -4.38. The van der Waals surface area contributed by atoms with Crippen molar-refractivity contribution < 1.29 is 35.1 Å². The van der Waals surface area contributed by atoms with Crippen LogP contribution in [-0.2, 0) is 10.0 Å². The van der Waals surface area contributed by atoms with Crippen LogP contribution in [0.2, 0.25) is 0 Å². The number of nitrogens with one attached hydrogen (secondary N) is 1. The number of rotatable bonds is 5. The van der Waals surface area contributed by atoms with Crippen LogP contribution in [0.25, 0.3) is 0 Å². The van der Waals surface area contributed by atoms with Crippen LogP contribution in [0.1, 0.15) is 42.5 Å². The Morgan fingerprint density at radius 1 is 1.03 bits per heavy atom. The largest absolute Gasteiger partial charge is 0.493 e. The van der Waals surface area contributed by atoms with Crippen molar-refractivity contribution in [2.75, 3.05) is 17.9 Å². The molecule has 2 aliphatic heterocycles. The number of ether oxygens (including phenoxy) is 1. The van der Waals surface area contributed by atoms with Gasteiger partial charge in [0.05, 0.1) is 12.5 Å². The van der Waals surface area contributed by atoms with E-state index in [0.29, 0.717) is 17.5 Å². The van der Waals surface area contributed by atoms with Crippen molar-refractivity contribution in [3.8, 4) is 5.75 Å². The molecular formula is C25H23F5N4O3S. The third-order valence-corrected chi connectivity index (χ3v) is 8.30. The fraction of sp³-hybridized carbons (Fsp3) is 0.360. The van der Waals surface area contributed by atoms with Gasteiger partial charge in [-0.25, -0.2) is 17.2 Å². The van der Waals surface area contributed by atoms with E-state index >= 15 is 4.39 Å². The van der Waals surface area contributed by atoms with Crippen LogP contribution in [0, 0.1) is 17.6 Å². The highest BCUT2D eigenvalue weighted by Gasteiger charge is 2.46. The Kier molecular flexibility index (Phi) is 6.99. The second-order valence-corrected chi connectivity index (χ2v) is 10.9. The molecule has 1 unspecified atom stereocenters. The number of alkyl halides is 3. The lowest BCUT2D eigenvalue weighted by Gasteiger charge is -2.46. The van der Waals surface area contributed by atoms with E-state index in [1.54, 1.807) is 0 Å². The zero-order valence-electron chi connectivity index (χ0n) is 19.8. The van der Waals surface area contributed by atoms with Gasteiger partial charge in [-0.3, -0.25) is 9.62 Å². The van der Waals surface area contributed by atoms with Crippen molar-refractivity contribution in [2.45, 2.75) is 42.4 Å². The normalized spacial score (nSPS) is 22.4. The van der Waals surface area contributed by atoms with E-state index in [4.69, 9.17) is 4.74 Å². The van der Waals surface area contributed by atoms with Crippen LogP contribution in [0.5, 0.6) is 5.75 Å². The molecule has 7 nitrogen and oxygen atoms in total. The Balaban J connectivity index is 1.49. The maximum absolute atomic E-state index is 15.3. The lowest BCUT2D eigenvalue weighted by atomic mass is 9.84. The van der Waals surface area contributed by atoms with Crippen molar-refractivity contribution >= 4 is 15.8 Å². The molecule has 0 amide bonds. The Morgan fingerprint density at radius 3 is 2.47 bits per heavy atom. The molecule has 3 heterocycles. The molecule has 0 saturated carbocycles. The number of sulfonamides is 1. The second kappa shape index (κ2) is 10.1. The van der Waals surface area contributed by atoms with Crippen molar-refractivity contribution in [1.82, 2.24) is 15.1 Å². The minimum atomic E-state index is -4.39. The number of aromatic nitrogens is 2. The van der Waals surface area contributed by atoms with Gasteiger partial charge in [-0.2, -0.15) is 18.3 Å². The highest BCUT2D eigenvalue weighted by molar-refractivity contribution is 7.92. The van der Waals surface area contributed by atoms with Gasteiger partial charge in [-0.05, 0) is 55.3 Å². The van der Waals surface area contributed by atoms with E-state index < -0.39 is 50.7 Å². The molecule has 1 N–H and O–H groups in total. The molecule has 1 aromatic heterocycles. The third-order valence-electron chi connectivity index (χ3n) is 6.93. The third kappa shape index (κ3) is 5.30. The predicted octanol–water partition coefficient (Wildman–Crippen LogP) is 5.39. The molecule has 0 spiro atoms. The van der Waals surface area contributed by atoms with E-state index in [0.717, 1.165) is 12.1 Å². The molecule has 0 bridgehead atoms. The van der Waals surface area contributed by atoms with Crippen LogP contribution < -0.4 is 9.46 Å². The quantitative estimate of drug-likeness (QED) is 0.426. The van der Waals surface area contributed by atoms with Gasteiger partial charge in [0.15, 0.2) is 5.82 Å². The summed E-state index contributed by atoms with van der Waals surface area (Å²) in [4.78, 5) is 1.19. The maximum atomic E-state index is 15.3. The Bertz CT molecular complexity index is 1400. The van der Waals surface area contributed by atoms with E-state index in [9.17, 15) is 26.0 Å². The molecule has 1 fully saturated rings. The van der Waals surface area contributed by atoms with Crippen LogP contribution in [0.4, 0.5) is 27.8 Å². The fourth-order valence-corrected chi connectivity index (χ4v) is 6.21. The van der Waals surface area contributed by atoms with Crippen molar-refractivity contribution in [3.05, 3.63) is 77.5 Å². The van der Waals surface area contributed by atoms with E-state index in [1.165, 1.54) is 42.6 Å². The molecule has 38 heavy (non-hydrogen) atoms. The first-order chi connectivity index (χ1) is 18.0. The average Bonchev–Trinajstić information content (AvgIpc) is 2.88. The predicted molar refractivity (Wildman–Crippen MR) is 127 cm³/mol. The van der Waals surface area contributed by atoms with E-state index in [2.05, 4.69) is 14.9 Å². The van der Waals surface area contributed by atoms with Gasteiger partial charge in [0.1, 0.15) is 22.3 Å². The SMILES string of the molecule is O=S(=O)(Nc1cccnn1)c1cc2c(cc1F)C(N1CC[C@@H](C(F)(F)F)C[C@H]1c1ccc(F)cc1)CCO2. The highest BCUT2D eigenvalue weighted by atomic mass is 32.2. The Hall–Kier alpha value is -3.32. The summed E-state index contributed by atoms with van der Waals surface area (Å²) in [5.74, 6) is -3.06. The molecule has 0 radical (unpaired) electrons. The zero-order chi connectivity index (χ0) is 27.1. The first kappa shape index (κ1) is 26.3. The summed E-state index contributed by atoms with van der Waals surface area (Å²) >= 11 is 0. The van der Waals surface area contributed by atoms with E-state index in [1.807, 2.05) is 4.90 Å². The molecule has 202 valence electrons. The standard InChI is InChI=1S/C25H23F5N4O3S/c26-17-5-3-15(4-6-17)21-12-16(25(28,29)30)7-10-34(21)20-8-11-37-22-14-23(19(27)13-18(20)22)38(35,36)33-24-2-1-9-31-32-24/h1-6,9,13-14,16,20-21H,7-8,10-12H2,(H,32,33)/t16-,20?,21+/m1/s1. The van der Waals surface area contributed by atoms with Crippen molar-refractivity contribution in [3.63, 3.8) is 0 Å². The first-order valence-corrected chi connectivity index (χ1v) is 13.4. The van der Waals surface area contributed by atoms with Crippen molar-refractivity contribution in [1.29, 1.82) is 0 Å².